The first kappa shape index (κ1) is 10.0. The van der Waals surface area contributed by atoms with Gasteiger partial charge >= 0.3 is 5.97 Å². The van der Waals surface area contributed by atoms with Crippen LogP contribution in [0, 0.1) is 0 Å². The summed E-state index contributed by atoms with van der Waals surface area (Å²) in [6.07, 6.45) is 1.60. The van der Waals surface area contributed by atoms with E-state index in [4.69, 9.17) is 9.52 Å². The fourth-order valence-corrected chi connectivity index (χ4v) is 2.33. The minimum atomic E-state index is -1.01. The largest absolute Gasteiger partial charge is 0.476 e. The van der Waals surface area contributed by atoms with Crippen LogP contribution in [-0.2, 0) is 0 Å². The van der Waals surface area contributed by atoms with Crippen LogP contribution in [0.15, 0.2) is 40.3 Å². The number of carbonyl (C=O) groups is 1. The second-order valence-corrected chi connectivity index (χ2v) is 4.35. The van der Waals surface area contributed by atoms with Crippen molar-refractivity contribution in [3.63, 3.8) is 0 Å². The standard InChI is InChI=1S/C12H7NO3S/c14-12(15)11-13-9(6-17-11)8-5-16-10-4-2-1-3-7(8)10/h1-6H,(H,14,15). The van der Waals surface area contributed by atoms with E-state index in [1.807, 2.05) is 24.3 Å². The number of benzene rings is 1. The smallest absolute Gasteiger partial charge is 0.365 e. The fourth-order valence-electron chi connectivity index (χ4n) is 1.67. The molecular formula is C12H7NO3S. The van der Waals surface area contributed by atoms with Crippen LogP contribution in [0.4, 0.5) is 0 Å². The van der Waals surface area contributed by atoms with Gasteiger partial charge in [-0.2, -0.15) is 0 Å². The van der Waals surface area contributed by atoms with Crippen molar-refractivity contribution in [3.05, 3.63) is 40.9 Å². The number of fused-ring (bicyclic) bond motifs is 1. The van der Waals surface area contributed by atoms with Crippen LogP contribution in [0.1, 0.15) is 9.80 Å². The maximum atomic E-state index is 10.8. The van der Waals surface area contributed by atoms with Crippen LogP contribution in [0.5, 0.6) is 0 Å². The molecule has 3 rings (SSSR count). The van der Waals surface area contributed by atoms with Crippen molar-refractivity contribution in [1.82, 2.24) is 4.98 Å². The average Bonchev–Trinajstić information content (AvgIpc) is 2.95. The van der Waals surface area contributed by atoms with Gasteiger partial charge < -0.3 is 9.52 Å². The van der Waals surface area contributed by atoms with Gasteiger partial charge in [-0.1, -0.05) is 18.2 Å². The molecule has 2 aromatic heterocycles. The summed E-state index contributed by atoms with van der Waals surface area (Å²) in [5.41, 5.74) is 2.23. The number of rotatable bonds is 2. The van der Waals surface area contributed by atoms with Gasteiger partial charge in [0, 0.05) is 16.3 Å². The Morgan fingerprint density at radius 3 is 2.94 bits per heavy atom. The molecule has 5 heteroatoms. The molecule has 0 aliphatic carbocycles. The van der Waals surface area contributed by atoms with Gasteiger partial charge in [-0.05, 0) is 6.07 Å². The monoisotopic (exact) mass is 245 g/mol. The van der Waals surface area contributed by atoms with Crippen LogP contribution in [-0.4, -0.2) is 16.1 Å². The molecule has 0 spiro atoms. The third-order valence-corrected chi connectivity index (χ3v) is 3.27. The van der Waals surface area contributed by atoms with Gasteiger partial charge in [0.1, 0.15) is 11.8 Å². The summed E-state index contributed by atoms with van der Waals surface area (Å²) in [4.78, 5) is 14.8. The fraction of sp³-hybridized carbons (Fsp3) is 0. The molecule has 0 atom stereocenters. The lowest BCUT2D eigenvalue weighted by atomic mass is 10.1. The zero-order valence-electron chi connectivity index (χ0n) is 8.58. The molecular weight excluding hydrogens is 238 g/mol. The molecule has 0 unspecified atom stereocenters. The van der Waals surface area contributed by atoms with Crippen LogP contribution >= 0.6 is 11.3 Å². The number of hydrogen-bond donors (Lipinski definition) is 1. The van der Waals surface area contributed by atoms with Crippen LogP contribution in [0.2, 0.25) is 0 Å². The molecule has 17 heavy (non-hydrogen) atoms. The molecule has 0 saturated heterocycles. The molecule has 4 nitrogen and oxygen atoms in total. The summed E-state index contributed by atoms with van der Waals surface area (Å²) in [6.45, 7) is 0. The number of thiazole rings is 1. The number of hydrogen-bond acceptors (Lipinski definition) is 4. The Morgan fingerprint density at radius 2 is 2.18 bits per heavy atom. The topological polar surface area (TPSA) is 63.3 Å². The Morgan fingerprint density at radius 1 is 1.35 bits per heavy atom. The van der Waals surface area contributed by atoms with Gasteiger partial charge in [0.2, 0.25) is 5.01 Å². The van der Waals surface area contributed by atoms with Crippen molar-refractivity contribution in [2.75, 3.05) is 0 Å². The second kappa shape index (κ2) is 3.71. The molecule has 0 aliphatic rings. The lowest BCUT2D eigenvalue weighted by Gasteiger charge is -1.91. The molecule has 0 bridgehead atoms. The van der Waals surface area contributed by atoms with E-state index in [1.165, 1.54) is 0 Å². The molecule has 84 valence electrons. The average molecular weight is 245 g/mol. The molecule has 3 aromatic rings. The minimum Gasteiger partial charge on any atom is -0.476 e. The second-order valence-electron chi connectivity index (χ2n) is 3.49. The Balaban J connectivity index is 2.17. The van der Waals surface area contributed by atoms with Gasteiger partial charge in [-0.15, -0.1) is 11.3 Å². The summed E-state index contributed by atoms with van der Waals surface area (Å²) in [7, 11) is 0. The molecule has 0 saturated carbocycles. The Bertz CT molecular complexity index is 698. The number of furan rings is 1. The van der Waals surface area contributed by atoms with Crippen LogP contribution < -0.4 is 0 Å². The molecule has 1 N–H and O–H groups in total. The SMILES string of the molecule is O=C(O)c1nc(-c2coc3ccccc23)cs1. The Hall–Kier alpha value is -2.14. The number of para-hydroxylation sites is 1. The van der Waals surface area contributed by atoms with E-state index in [1.54, 1.807) is 11.6 Å². The number of nitrogens with zero attached hydrogens (tertiary/aromatic N) is 1. The summed E-state index contributed by atoms with van der Waals surface area (Å²) in [5.74, 6) is -1.01. The summed E-state index contributed by atoms with van der Waals surface area (Å²) in [6, 6.07) is 7.59. The maximum absolute atomic E-state index is 10.8. The molecule has 0 amide bonds. The first-order chi connectivity index (χ1) is 8.25. The summed E-state index contributed by atoms with van der Waals surface area (Å²) in [5, 5.41) is 11.6. The van der Waals surface area contributed by atoms with Crippen LogP contribution in [0.25, 0.3) is 22.2 Å². The normalized spacial score (nSPS) is 10.8. The van der Waals surface area contributed by atoms with Crippen molar-refractivity contribution in [3.8, 4) is 11.3 Å². The van der Waals surface area contributed by atoms with Crippen molar-refractivity contribution in [2.24, 2.45) is 0 Å². The van der Waals surface area contributed by atoms with E-state index in [9.17, 15) is 4.79 Å². The Kier molecular flexibility index (Phi) is 2.19. The van der Waals surface area contributed by atoms with Gasteiger partial charge in [0.25, 0.3) is 0 Å². The third-order valence-electron chi connectivity index (χ3n) is 2.44. The minimum absolute atomic E-state index is 0.0882. The number of aromatic carboxylic acids is 1. The van der Waals surface area contributed by atoms with E-state index in [0.717, 1.165) is 27.9 Å². The van der Waals surface area contributed by atoms with Crippen molar-refractivity contribution in [2.45, 2.75) is 0 Å². The van der Waals surface area contributed by atoms with Gasteiger partial charge in [0.05, 0.1) is 5.69 Å². The van der Waals surface area contributed by atoms with Crippen molar-refractivity contribution >= 4 is 28.3 Å². The van der Waals surface area contributed by atoms with E-state index in [2.05, 4.69) is 4.98 Å². The zero-order valence-corrected chi connectivity index (χ0v) is 9.40. The third kappa shape index (κ3) is 1.60. The predicted molar refractivity (Wildman–Crippen MR) is 64.3 cm³/mol. The highest BCUT2D eigenvalue weighted by Crippen LogP contribution is 2.30. The Labute approximate surface area is 100 Å². The highest BCUT2D eigenvalue weighted by molar-refractivity contribution is 7.11. The first-order valence-electron chi connectivity index (χ1n) is 4.91. The molecule has 2 heterocycles. The highest BCUT2D eigenvalue weighted by Gasteiger charge is 2.13. The molecule has 0 fully saturated rings. The lowest BCUT2D eigenvalue weighted by molar-refractivity contribution is 0.0696. The zero-order chi connectivity index (χ0) is 11.8. The van der Waals surface area contributed by atoms with Crippen LogP contribution in [0.3, 0.4) is 0 Å². The highest BCUT2D eigenvalue weighted by atomic mass is 32.1. The number of carboxylic acids is 1. The van der Waals surface area contributed by atoms with E-state index >= 15 is 0 Å². The van der Waals surface area contributed by atoms with E-state index < -0.39 is 5.97 Å². The van der Waals surface area contributed by atoms with E-state index in [0.29, 0.717) is 5.69 Å². The van der Waals surface area contributed by atoms with Gasteiger partial charge in [-0.3, -0.25) is 0 Å². The molecule has 1 aromatic carbocycles. The quantitative estimate of drug-likeness (QED) is 0.752. The summed E-state index contributed by atoms with van der Waals surface area (Å²) >= 11 is 1.11. The van der Waals surface area contributed by atoms with Gasteiger partial charge in [-0.25, -0.2) is 9.78 Å². The van der Waals surface area contributed by atoms with E-state index in [-0.39, 0.29) is 5.01 Å². The predicted octanol–water partition coefficient (Wildman–Crippen LogP) is 3.25. The number of aromatic nitrogens is 1. The number of carboxylic acid groups (broad SMARTS) is 1. The first-order valence-corrected chi connectivity index (χ1v) is 5.79. The van der Waals surface area contributed by atoms with Crippen molar-refractivity contribution in [1.29, 1.82) is 0 Å². The van der Waals surface area contributed by atoms with Crippen molar-refractivity contribution < 1.29 is 14.3 Å². The molecule has 0 radical (unpaired) electrons. The molecule has 0 aliphatic heterocycles. The summed E-state index contributed by atoms with van der Waals surface area (Å²) < 4.78 is 5.39. The van der Waals surface area contributed by atoms with Gasteiger partial charge in [0.15, 0.2) is 0 Å². The maximum Gasteiger partial charge on any atom is 0.365 e. The lowest BCUT2D eigenvalue weighted by Crippen LogP contribution is -1.94.